The van der Waals surface area contributed by atoms with Gasteiger partial charge in [0.25, 0.3) is 0 Å². The summed E-state index contributed by atoms with van der Waals surface area (Å²) in [5.74, 6) is 1.67. The fourth-order valence-corrected chi connectivity index (χ4v) is 4.15. The molecule has 1 atom stereocenters. The predicted molar refractivity (Wildman–Crippen MR) is 122 cm³/mol. The molecule has 1 aliphatic rings. The quantitative estimate of drug-likeness (QED) is 0.503. The third-order valence-electron chi connectivity index (χ3n) is 5.96. The molecule has 1 saturated heterocycles. The van der Waals surface area contributed by atoms with Crippen molar-refractivity contribution >= 4 is 28.0 Å². The van der Waals surface area contributed by atoms with Crippen molar-refractivity contribution in [2.45, 2.75) is 33.7 Å². The maximum Gasteiger partial charge on any atom is 0.192 e. The molecule has 7 heteroatoms. The van der Waals surface area contributed by atoms with Crippen LogP contribution >= 0.6 is 0 Å². The first-order valence-electron chi connectivity index (χ1n) is 10.6. The number of aromatic hydroxyl groups is 1. The van der Waals surface area contributed by atoms with Crippen LogP contribution in [0.4, 0.5) is 5.82 Å². The van der Waals surface area contributed by atoms with E-state index in [0.717, 1.165) is 36.5 Å². The minimum Gasteiger partial charge on any atom is -0.507 e. The molecule has 0 amide bonds. The Bertz CT molecular complexity index is 1270. The van der Waals surface area contributed by atoms with Gasteiger partial charge in [-0.2, -0.15) is 0 Å². The number of phenols is 1. The number of phenolic OH excluding ortho intramolecular Hbond substituents is 1. The van der Waals surface area contributed by atoms with Crippen LogP contribution in [0.2, 0.25) is 0 Å². The van der Waals surface area contributed by atoms with E-state index in [2.05, 4.69) is 36.0 Å². The van der Waals surface area contributed by atoms with Crippen LogP contribution in [0, 0.1) is 12.3 Å². The highest BCUT2D eigenvalue weighted by Crippen LogP contribution is 2.33. The van der Waals surface area contributed by atoms with E-state index in [1.54, 1.807) is 19.1 Å². The van der Waals surface area contributed by atoms with E-state index in [0.29, 0.717) is 34.3 Å². The van der Waals surface area contributed by atoms with Gasteiger partial charge in [-0.3, -0.25) is 0 Å². The summed E-state index contributed by atoms with van der Waals surface area (Å²) in [4.78, 5) is 16.2. The second-order valence-electron chi connectivity index (χ2n) is 9.29. The Kier molecular flexibility index (Phi) is 4.59. The lowest BCUT2D eigenvalue weighted by molar-refractivity contribution is 0.253. The fourth-order valence-electron chi connectivity index (χ4n) is 4.15. The van der Waals surface area contributed by atoms with E-state index >= 15 is 0 Å². The number of hydrogen-bond donors (Lipinski definition) is 2. The summed E-state index contributed by atoms with van der Waals surface area (Å²) >= 11 is 0. The molecule has 7 nitrogen and oxygen atoms in total. The van der Waals surface area contributed by atoms with Crippen LogP contribution in [0.3, 0.4) is 0 Å². The van der Waals surface area contributed by atoms with Gasteiger partial charge in [0.05, 0.1) is 16.7 Å². The molecule has 1 aromatic carbocycles. The summed E-state index contributed by atoms with van der Waals surface area (Å²) in [5.41, 5.74) is 4.37. The molecule has 2 N–H and O–H groups in total. The monoisotopic (exact) mass is 417 g/mol. The second kappa shape index (κ2) is 7.20. The third-order valence-corrected chi connectivity index (χ3v) is 5.96. The number of piperazine rings is 1. The van der Waals surface area contributed by atoms with Gasteiger partial charge in [-0.15, -0.1) is 0 Å². The number of rotatable bonds is 2. The number of pyridine rings is 2. The van der Waals surface area contributed by atoms with Crippen molar-refractivity contribution in [3.8, 4) is 17.0 Å². The summed E-state index contributed by atoms with van der Waals surface area (Å²) < 4.78 is 5.61. The van der Waals surface area contributed by atoms with Crippen LogP contribution in [-0.4, -0.2) is 45.7 Å². The maximum absolute atomic E-state index is 10.5. The van der Waals surface area contributed by atoms with Crippen LogP contribution in [-0.2, 0) is 0 Å². The molecule has 0 saturated carbocycles. The number of nitrogens with one attached hydrogen (secondary N) is 1. The van der Waals surface area contributed by atoms with Crippen molar-refractivity contribution in [3.63, 3.8) is 0 Å². The summed E-state index contributed by atoms with van der Waals surface area (Å²) in [6.07, 6.45) is 0. The van der Waals surface area contributed by atoms with E-state index in [9.17, 15) is 5.11 Å². The Hall–Kier alpha value is -3.19. The first-order chi connectivity index (χ1) is 14.8. The summed E-state index contributed by atoms with van der Waals surface area (Å²) in [6, 6.07) is 11.7. The van der Waals surface area contributed by atoms with Crippen LogP contribution in [0.25, 0.3) is 33.4 Å². The van der Waals surface area contributed by atoms with Crippen molar-refractivity contribution in [3.05, 3.63) is 42.3 Å². The summed E-state index contributed by atoms with van der Waals surface area (Å²) in [5, 5.41) is 14.1. The van der Waals surface area contributed by atoms with Gasteiger partial charge < -0.3 is 19.7 Å². The lowest BCUT2D eigenvalue weighted by Gasteiger charge is -2.41. The highest BCUT2D eigenvalue weighted by Gasteiger charge is 2.29. The molecule has 31 heavy (non-hydrogen) atoms. The van der Waals surface area contributed by atoms with Gasteiger partial charge in [0.15, 0.2) is 11.5 Å². The molecule has 3 aromatic heterocycles. The van der Waals surface area contributed by atoms with E-state index in [-0.39, 0.29) is 11.2 Å². The van der Waals surface area contributed by atoms with Gasteiger partial charge in [-0.1, -0.05) is 20.8 Å². The van der Waals surface area contributed by atoms with Crippen molar-refractivity contribution in [1.82, 2.24) is 20.3 Å². The Morgan fingerprint density at radius 1 is 1.03 bits per heavy atom. The number of anilines is 1. The molecule has 1 unspecified atom stereocenters. The van der Waals surface area contributed by atoms with Crippen LogP contribution in [0.1, 0.15) is 26.7 Å². The molecule has 0 bridgehead atoms. The zero-order valence-corrected chi connectivity index (χ0v) is 18.3. The van der Waals surface area contributed by atoms with E-state index in [4.69, 9.17) is 14.4 Å². The summed E-state index contributed by atoms with van der Waals surface area (Å²) in [6.45, 7) is 11.4. The maximum atomic E-state index is 10.5. The van der Waals surface area contributed by atoms with Crippen LogP contribution < -0.4 is 10.2 Å². The van der Waals surface area contributed by atoms with Gasteiger partial charge in [0, 0.05) is 44.2 Å². The largest absolute Gasteiger partial charge is 0.507 e. The number of benzene rings is 1. The molecule has 4 heterocycles. The first kappa shape index (κ1) is 19.8. The molecule has 0 spiro atoms. The Morgan fingerprint density at radius 2 is 1.81 bits per heavy atom. The number of oxazole rings is 1. The average molecular weight is 418 g/mol. The van der Waals surface area contributed by atoms with Gasteiger partial charge in [0.2, 0.25) is 0 Å². The number of nitrogens with zero attached hydrogens (tertiary/aromatic N) is 4. The smallest absolute Gasteiger partial charge is 0.192 e. The van der Waals surface area contributed by atoms with Gasteiger partial charge in [-0.25, -0.2) is 15.0 Å². The van der Waals surface area contributed by atoms with Crippen LogP contribution in [0.15, 0.2) is 40.8 Å². The van der Waals surface area contributed by atoms with E-state index < -0.39 is 0 Å². The number of aromatic nitrogens is 3. The predicted octanol–water partition coefficient (Wildman–Crippen LogP) is 4.28. The van der Waals surface area contributed by atoms with Crippen LogP contribution in [0.5, 0.6) is 5.75 Å². The Labute approximate surface area is 181 Å². The SMILES string of the molecule is Cc1nc2cc(O)c(-c3ccc4nc(N5CCNC(C(C)(C)C)C5)ccc4n3)cc2o1. The molecule has 1 fully saturated rings. The molecule has 5 rings (SSSR count). The molecular formula is C24H27N5O2. The van der Waals surface area contributed by atoms with Gasteiger partial charge in [-0.05, 0) is 35.7 Å². The summed E-state index contributed by atoms with van der Waals surface area (Å²) in [7, 11) is 0. The lowest BCUT2D eigenvalue weighted by Crippen LogP contribution is -2.56. The van der Waals surface area contributed by atoms with Crippen molar-refractivity contribution < 1.29 is 9.52 Å². The minimum absolute atomic E-state index is 0.131. The zero-order chi connectivity index (χ0) is 21.8. The minimum atomic E-state index is 0.131. The van der Waals surface area contributed by atoms with Crippen molar-refractivity contribution in [1.29, 1.82) is 0 Å². The van der Waals surface area contributed by atoms with Gasteiger partial charge in [0.1, 0.15) is 17.1 Å². The Morgan fingerprint density at radius 3 is 2.61 bits per heavy atom. The lowest BCUT2D eigenvalue weighted by atomic mass is 9.85. The molecule has 0 aliphatic carbocycles. The highest BCUT2D eigenvalue weighted by molar-refractivity contribution is 5.86. The Balaban J connectivity index is 1.47. The molecular weight excluding hydrogens is 390 g/mol. The number of aryl methyl sites for hydroxylation is 1. The topological polar surface area (TPSA) is 87.3 Å². The molecule has 0 radical (unpaired) electrons. The first-order valence-corrected chi connectivity index (χ1v) is 10.6. The normalized spacial score (nSPS) is 17.5. The molecule has 4 aromatic rings. The fraction of sp³-hybridized carbons (Fsp3) is 0.375. The molecule has 160 valence electrons. The standard InChI is InChI=1S/C24H27N5O2/c1-14-26-19-12-20(30)15(11-21(19)31-14)16-5-6-18-17(27-16)7-8-23(28-18)29-10-9-25-22(13-29)24(2,3)4/h5-8,11-12,22,25,30H,9-10,13H2,1-4H3. The van der Waals surface area contributed by atoms with Crippen molar-refractivity contribution in [2.24, 2.45) is 5.41 Å². The van der Waals surface area contributed by atoms with Gasteiger partial charge >= 0.3 is 0 Å². The number of hydrogen-bond acceptors (Lipinski definition) is 7. The average Bonchev–Trinajstić information content (AvgIpc) is 3.10. The van der Waals surface area contributed by atoms with Crippen molar-refractivity contribution in [2.75, 3.05) is 24.5 Å². The number of fused-ring (bicyclic) bond motifs is 2. The third kappa shape index (κ3) is 3.70. The highest BCUT2D eigenvalue weighted by atomic mass is 16.3. The second-order valence-corrected chi connectivity index (χ2v) is 9.29. The zero-order valence-electron chi connectivity index (χ0n) is 18.3. The van der Waals surface area contributed by atoms with E-state index in [1.807, 2.05) is 24.3 Å². The van der Waals surface area contributed by atoms with E-state index in [1.165, 1.54) is 0 Å². The molecule has 1 aliphatic heterocycles.